The number of nitrogens with one attached hydrogen (secondary N) is 1. The van der Waals surface area contributed by atoms with Crippen LogP contribution in [-0.2, 0) is 29.2 Å². The van der Waals surface area contributed by atoms with Crippen LogP contribution in [0.4, 0.5) is 0 Å². The van der Waals surface area contributed by atoms with E-state index in [9.17, 15) is 4.79 Å². The number of carbonyl (C=O) groups excluding carboxylic acids is 1. The third-order valence-electron chi connectivity index (χ3n) is 3.10. The molecule has 5 heteroatoms. The smallest absolute Gasteiger partial charge is 0.238 e. The maximum atomic E-state index is 11.4. The Labute approximate surface area is 132 Å². The van der Waals surface area contributed by atoms with Crippen molar-refractivity contribution in [3.05, 3.63) is 69.7 Å². The van der Waals surface area contributed by atoms with E-state index in [4.69, 9.17) is 10.6 Å². The molecule has 2 rings (SSSR count). The second-order valence-electron chi connectivity index (χ2n) is 4.60. The maximum Gasteiger partial charge on any atom is 0.238 e. The normalized spacial score (nSPS) is 10.4. The van der Waals surface area contributed by atoms with Crippen LogP contribution in [0, 0.1) is 0 Å². The first kappa shape index (κ1) is 15.7. The van der Waals surface area contributed by atoms with Crippen LogP contribution < -0.4 is 11.3 Å². The van der Waals surface area contributed by atoms with Gasteiger partial charge in [-0.05, 0) is 22.8 Å². The van der Waals surface area contributed by atoms with Crippen LogP contribution in [0.2, 0.25) is 0 Å². The molecule has 0 aliphatic carbocycles. The lowest BCUT2D eigenvalue weighted by molar-refractivity contribution is -0.120. The van der Waals surface area contributed by atoms with Crippen molar-refractivity contribution in [3.63, 3.8) is 0 Å². The van der Waals surface area contributed by atoms with Gasteiger partial charge in [0.1, 0.15) is 0 Å². The van der Waals surface area contributed by atoms with Gasteiger partial charge in [0.15, 0.2) is 0 Å². The number of halogens is 1. The summed E-state index contributed by atoms with van der Waals surface area (Å²) in [6, 6.07) is 15.6. The molecule has 0 heterocycles. The predicted octanol–water partition coefficient (Wildman–Crippen LogP) is 2.70. The molecule has 110 valence electrons. The summed E-state index contributed by atoms with van der Waals surface area (Å²) in [5.74, 6) is 4.91. The zero-order valence-electron chi connectivity index (χ0n) is 11.5. The van der Waals surface area contributed by atoms with E-state index in [1.54, 1.807) is 0 Å². The van der Waals surface area contributed by atoms with E-state index in [0.717, 1.165) is 21.2 Å². The summed E-state index contributed by atoms with van der Waals surface area (Å²) >= 11 is 3.49. The van der Waals surface area contributed by atoms with E-state index in [-0.39, 0.29) is 12.3 Å². The summed E-state index contributed by atoms with van der Waals surface area (Å²) in [6.45, 7) is 0.966. The second kappa shape index (κ2) is 7.93. The van der Waals surface area contributed by atoms with Gasteiger partial charge in [0.05, 0.1) is 19.6 Å². The lowest BCUT2D eigenvalue weighted by Gasteiger charge is -2.10. The Bertz CT molecular complexity index is 617. The summed E-state index contributed by atoms with van der Waals surface area (Å²) in [4.78, 5) is 11.4. The molecule has 21 heavy (non-hydrogen) atoms. The third kappa shape index (κ3) is 4.67. The molecule has 1 amide bonds. The van der Waals surface area contributed by atoms with Crippen molar-refractivity contribution in [1.82, 2.24) is 5.43 Å². The van der Waals surface area contributed by atoms with Gasteiger partial charge in [-0.2, -0.15) is 0 Å². The number of carbonyl (C=O) groups is 1. The van der Waals surface area contributed by atoms with E-state index < -0.39 is 0 Å². The highest BCUT2D eigenvalue weighted by Gasteiger charge is 2.07. The van der Waals surface area contributed by atoms with Crippen molar-refractivity contribution in [1.29, 1.82) is 0 Å². The molecule has 0 aliphatic heterocycles. The van der Waals surface area contributed by atoms with E-state index in [2.05, 4.69) is 21.4 Å². The van der Waals surface area contributed by atoms with Gasteiger partial charge in [-0.3, -0.25) is 10.2 Å². The molecule has 0 aromatic heterocycles. The van der Waals surface area contributed by atoms with Crippen LogP contribution in [-0.4, -0.2) is 5.91 Å². The van der Waals surface area contributed by atoms with E-state index >= 15 is 0 Å². The molecule has 0 aliphatic rings. The Morgan fingerprint density at radius 1 is 1.00 bits per heavy atom. The highest BCUT2D eigenvalue weighted by molar-refractivity contribution is 9.10. The summed E-state index contributed by atoms with van der Waals surface area (Å²) < 4.78 is 6.78. The molecule has 2 aromatic rings. The molecule has 3 N–H and O–H groups in total. The largest absolute Gasteiger partial charge is 0.372 e. The minimum absolute atomic E-state index is 0.215. The Morgan fingerprint density at radius 3 is 2.24 bits per heavy atom. The maximum absolute atomic E-state index is 11.4. The van der Waals surface area contributed by atoms with Crippen LogP contribution in [0.3, 0.4) is 0 Å². The summed E-state index contributed by atoms with van der Waals surface area (Å²) in [5, 5.41) is 0. The van der Waals surface area contributed by atoms with Gasteiger partial charge in [-0.15, -0.1) is 0 Å². The molecule has 2 aromatic carbocycles. The van der Waals surface area contributed by atoms with E-state index in [1.807, 2.05) is 48.5 Å². The number of rotatable bonds is 6. The minimum Gasteiger partial charge on any atom is -0.372 e. The number of amides is 1. The monoisotopic (exact) mass is 348 g/mol. The molecule has 0 saturated carbocycles. The van der Waals surface area contributed by atoms with Gasteiger partial charge in [0, 0.05) is 4.47 Å². The number of hydrogen-bond acceptors (Lipinski definition) is 3. The third-order valence-corrected chi connectivity index (χ3v) is 3.88. The minimum atomic E-state index is -0.215. The Balaban J connectivity index is 1.97. The van der Waals surface area contributed by atoms with Crippen LogP contribution >= 0.6 is 15.9 Å². The highest BCUT2D eigenvalue weighted by atomic mass is 79.9. The molecular weight excluding hydrogens is 332 g/mol. The molecule has 0 unspecified atom stereocenters. The number of hydrogen-bond donors (Lipinski definition) is 2. The zero-order valence-corrected chi connectivity index (χ0v) is 13.1. The summed E-state index contributed by atoms with van der Waals surface area (Å²) in [5.41, 5.74) is 5.15. The molecular formula is C16H17BrN2O2. The first-order chi connectivity index (χ1) is 10.2. The standard InChI is InChI=1S/C16H17BrN2O2/c17-15-8-4-3-7-14(15)11-21-10-13-6-2-1-5-12(13)9-16(20)19-18/h1-8H,9-11,18H2,(H,19,20). The Kier molecular flexibility index (Phi) is 5.92. The molecule has 0 fully saturated rings. The quantitative estimate of drug-likeness (QED) is 0.479. The van der Waals surface area contributed by atoms with Crippen molar-refractivity contribution in [2.24, 2.45) is 5.84 Å². The average Bonchev–Trinajstić information content (AvgIpc) is 2.50. The van der Waals surface area contributed by atoms with Gasteiger partial charge in [-0.1, -0.05) is 58.4 Å². The van der Waals surface area contributed by atoms with Crippen molar-refractivity contribution in [3.8, 4) is 0 Å². The second-order valence-corrected chi connectivity index (χ2v) is 5.45. The van der Waals surface area contributed by atoms with E-state index in [1.165, 1.54) is 0 Å². The van der Waals surface area contributed by atoms with Crippen molar-refractivity contribution >= 4 is 21.8 Å². The van der Waals surface area contributed by atoms with Gasteiger partial charge in [-0.25, -0.2) is 5.84 Å². The molecule has 0 radical (unpaired) electrons. The Morgan fingerprint density at radius 2 is 1.57 bits per heavy atom. The Hall–Kier alpha value is -1.69. The molecule has 0 spiro atoms. The number of nitrogens with two attached hydrogens (primary N) is 1. The van der Waals surface area contributed by atoms with Crippen molar-refractivity contribution in [2.75, 3.05) is 0 Å². The van der Waals surface area contributed by atoms with Crippen LogP contribution in [0.25, 0.3) is 0 Å². The van der Waals surface area contributed by atoms with Crippen LogP contribution in [0.5, 0.6) is 0 Å². The van der Waals surface area contributed by atoms with Gasteiger partial charge >= 0.3 is 0 Å². The van der Waals surface area contributed by atoms with Gasteiger partial charge < -0.3 is 4.74 Å². The predicted molar refractivity (Wildman–Crippen MR) is 85.1 cm³/mol. The average molecular weight is 349 g/mol. The zero-order chi connectivity index (χ0) is 15.1. The molecule has 0 saturated heterocycles. The van der Waals surface area contributed by atoms with Crippen molar-refractivity contribution in [2.45, 2.75) is 19.6 Å². The lowest BCUT2D eigenvalue weighted by Crippen LogP contribution is -2.31. The fourth-order valence-corrected chi connectivity index (χ4v) is 2.38. The topological polar surface area (TPSA) is 64.3 Å². The molecule has 0 atom stereocenters. The first-order valence-electron chi connectivity index (χ1n) is 6.58. The number of benzene rings is 2. The first-order valence-corrected chi connectivity index (χ1v) is 7.37. The van der Waals surface area contributed by atoms with Crippen LogP contribution in [0.1, 0.15) is 16.7 Å². The van der Waals surface area contributed by atoms with Gasteiger partial charge in [0.2, 0.25) is 5.91 Å². The summed E-state index contributed by atoms with van der Waals surface area (Å²) in [7, 11) is 0. The SMILES string of the molecule is NNC(=O)Cc1ccccc1COCc1ccccc1Br. The van der Waals surface area contributed by atoms with Gasteiger partial charge in [0.25, 0.3) is 0 Å². The number of ether oxygens (including phenoxy) is 1. The van der Waals surface area contributed by atoms with Crippen molar-refractivity contribution < 1.29 is 9.53 Å². The highest BCUT2D eigenvalue weighted by Crippen LogP contribution is 2.18. The summed E-state index contributed by atoms with van der Waals surface area (Å²) in [6.07, 6.45) is 0.255. The van der Waals surface area contributed by atoms with E-state index in [0.29, 0.717) is 13.2 Å². The van der Waals surface area contributed by atoms with Crippen LogP contribution in [0.15, 0.2) is 53.0 Å². The molecule has 4 nitrogen and oxygen atoms in total. The fraction of sp³-hybridized carbons (Fsp3) is 0.188. The fourth-order valence-electron chi connectivity index (χ4n) is 1.98. The lowest BCUT2D eigenvalue weighted by atomic mass is 10.1. The number of hydrazine groups is 1. The molecule has 0 bridgehead atoms.